The second-order valence-electron chi connectivity index (χ2n) is 6.80. The maximum Gasteiger partial charge on any atom is 0.244 e. The van der Waals surface area contributed by atoms with Gasteiger partial charge in [0.15, 0.2) is 0 Å². The van der Waals surface area contributed by atoms with Gasteiger partial charge in [0.2, 0.25) is 21.8 Å². The Morgan fingerprint density at radius 1 is 1.13 bits per heavy atom. The monoisotopic (exact) mass is 489 g/mol. The largest absolute Gasteiger partial charge is 0.357 e. The molecule has 31 heavy (non-hydrogen) atoms. The normalized spacial score (nSPS) is 12.2. The Hall–Kier alpha value is -2.36. The summed E-state index contributed by atoms with van der Waals surface area (Å²) in [6.45, 7) is 0.892. The number of anilines is 1. The quantitative estimate of drug-likeness (QED) is 0.617. The summed E-state index contributed by atoms with van der Waals surface area (Å²) in [5, 5.41) is 2.82. The highest BCUT2D eigenvalue weighted by atomic mass is 35.5. The molecule has 0 unspecified atom stereocenters. The van der Waals surface area contributed by atoms with E-state index in [0.29, 0.717) is 10.6 Å². The summed E-state index contributed by atoms with van der Waals surface area (Å²) in [6, 6.07) is 8.74. The van der Waals surface area contributed by atoms with Crippen LogP contribution in [-0.4, -0.2) is 51.0 Å². The van der Waals surface area contributed by atoms with Crippen molar-refractivity contribution in [3.63, 3.8) is 0 Å². The maximum absolute atomic E-state index is 13.2. The summed E-state index contributed by atoms with van der Waals surface area (Å²) in [7, 11) is -2.48. The Kier molecular flexibility index (Phi) is 8.27. The molecule has 0 fully saturated rings. The first-order valence-corrected chi connectivity index (χ1v) is 11.7. The molecular weight excluding hydrogens is 468 g/mol. The second-order valence-corrected chi connectivity index (χ2v) is 9.55. The molecule has 0 aromatic heterocycles. The van der Waals surface area contributed by atoms with Crippen molar-refractivity contribution in [1.82, 2.24) is 10.2 Å². The van der Waals surface area contributed by atoms with Crippen molar-refractivity contribution in [3.8, 4) is 0 Å². The first-order chi connectivity index (χ1) is 14.4. The van der Waals surface area contributed by atoms with E-state index in [1.54, 1.807) is 0 Å². The molecule has 0 saturated heterocycles. The van der Waals surface area contributed by atoms with Gasteiger partial charge in [-0.05, 0) is 42.8 Å². The van der Waals surface area contributed by atoms with Gasteiger partial charge >= 0.3 is 0 Å². The summed E-state index contributed by atoms with van der Waals surface area (Å²) in [5.74, 6) is -1.52. The van der Waals surface area contributed by atoms with Crippen LogP contribution in [0.3, 0.4) is 0 Å². The standard InChI is InChI=1S/C20H22Cl2FN3O4S/c1-13(20(28)24-2)25(11-14-4-7-16(23)8-5-14)19(27)12-26(31(3,29)30)18-9-6-15(21)10-17(18)22/h4-10,13H,11-12H2,1-3H3,(H,24,28)/t13-/m1/s1. The van der Waals surface area contributed by atoms with Crippen LogP contribution in [0.15, 0.2) is 42.5 Å². The van der Waals surface area contributed by atoms with Gasteiger partial charge < -0.3 is 10.2 Å². The first-order valence-electron chi connectivity index (χ1n) is 9.12. The Morgan fingerprint density at radius 2 is 1.74 bits per heavy atom. The molecule has 0 aliphatic carbocycles. The van der Waals surface area contributed by atoms with E-state index in [2.05, 4.69) is 5.32 Å². The van der Waals surface area contributed by atoms with Crippen LogP contribution in [0.1, 0.15) is 12.5 Å². The van der Waals surface area contributed by atoms with E-state index in [4.69, 9.17) is 23.2 Å². The van der Waals surface area contributed by atoms with Crippen LogP contribution in [0.5, 0.6) is 0 Å². The van der Waals surface area contributed by atoms with Gasteiger partial charge in [0, 0.05) is 18.6 Å². The van der Waals surface area contributed by atoms with Crippen molar-refractivity contribution in [1.29, 1.82) is 0 Å². The number of likely N-dealkylation sites (N-methyl/N-ethyl adjacent to an activating group) is 1. The molecular formula is C20H22Cl2FN3O4S. The maximum atomic E-state index is 13.2. The van der Waals surface area contributed by atoms with E-state index >= 15 is 0 Å². The van der Waals surface area contributed by atoms with E-state index in [0.717, 1.165) is 10.6 Å². The molecule has 0 heterocycles. The van der Waals surface area contributed by atoms with Gasteiger partial charge in [-0.25, -0.2) is 12.8 Å². The summed E-state index contributed by atoms with van der Waals surface area (Å²) in [5.41, 5.74) is 0.650. The van der Waals surface area contributed by atoms with Crippen LogP contribution in [0.25, 0.3) is 0 Å². The fourth-order valence-corrected chi connectivity index (χ4v) is 4.28. The van der Waals surface area contributed by atoms with Crippen molar-refractivity contribution in [2.45, 2.75) is 19.5 Å². The van der Waals surface area contributed by atoms with Crippen molar-refractivity contribution in [3.05, 3.63) is 63.9 Å². The van der Waals surface area contributed by atoms with Gasteiger partial charge in [0.25, 0.3) is 0 Å². The fraction of sp³-hybridized carbons (Fsp3) is 0.300. The SMILES string of the molecule is CNC(=O)[C@@H](C)N(Cc1ccc(F)cc1)C(=O)CN(c1ccc(Cl)cc1Cl)S(C)(=O)=O. The van der Waals surface area contributed by atoms with Gasteiger partial charge in [0.1, 0.15) is 18.4 Å². The second kappa shape index (κ2) is 10.3. The van der Waals surface area contributed by atoms with Crippen LogP contribution in [-0.2, 0) is 26.2 Å². The molecule has 11 heteroatoms. The molecule has 0 bridgehead atoms. The third kappa shape index (κ3) is 6.56. The van der Waals surface area contributed by atoms with Gasteiger partial charge in [-0.3, -0.25) is 13.9 Å². The van der Waals surface area contributed by atoms with Crippen molar-refractivity contribution in [2.75, 3.05) is 24.2 Å². The van der Waals surface area contributed by atoms with Gasteiger partial charge in [-0.2, -0.15) is 0 Å². The number of amides is 2. The number of hydrogen-bond donors (Lipinski definition) is 1. The third-order valence-electron chi connectivity index (χ3n) is 4.54. The highest BCUT2D eigenvalue weighted by Gasteiger charge is 2.30. The van der Waals surface area contributed by atoms with Gasteiger partial charge in [-0.15, -0.1) is 0 Å². The molecule has 7 nitrogen and oxygen atoms in total. The van der Waals surface area contributed by atoms with E-state index in [9.17, 15) is 22.4 Å². The zero-order valence-corrected chi connectivity index (χ0v) is 19.4. The van der Waals surface area contributed by atoms with E-state index in [1.165, 1.54) is 61.3 Å². The highest BCUT2D eigenvalue weighted by molar-refractivity contribution is 7.92. The lowest BCUT2D eigenvalue weighted by Gasteiger charge is -2.31. The summed E-state index contributed by atoms with van der Waals surface area (Å²) in [4.78, 5) is 26.6. The molecule has 1 atom stereocenters. The fourth-order valence-electron chi connectivity index (χ4n) is 2.86. The van der Waals surface area contributed by atoms with Crippen molar-refractivity contribution in [2.24, 2.45) is 0 Å². The number of sulfonamides is 1. The minimum atomic E-state index is -3.90. The minimum absolute atomic E-state index is 0.0281. The number of carbonyl (C=O) groups excluding carboxylic acids is 2. The number of nitrogens with one attached hydrogen (secondary N) is 1. The predicted octanol–water partition coefficient (Wildman–Crippen LogP) is 3.06. The van der Waals surface area contributed by atoms with Crippen LogP contribution in [0.4, 0.5) is 10.1 Å². The Bertz CT molecular complexity index is 1060. The predicted molar refractivity (Wildman–Crippen MR) is 119 cm³/mol. The van der Waals surface area contributed by atoms with Crippen LogP contribution >= 0.6 is 23.2 Å². The number of nitrogens with zero attached hydrogens (tertiary/aromatic N) is 2. The molecule has 0 spiro atoms. The lowest BCUT2D eigenvalue weighted by molar-refractivity contribution is -0.139. The van der Waals surface area contributed by atoms with E-state index in [1.807, 2.05) is 0 Å². The van der Waals surface area contributed by atoms with E-state index in [-0.39, 0.29) is 17.3 Å². The minimum Gasteiger partial charge on any atom is -0.357 e. The lowest BCUT2D eigenvalue weighted by Crippen LogP contribution is -2.50. The average Bonchev–Trinajstić information content (AvgIpc) is 2.70. The average molecular weight is 490 g/mol. The van der Waals surface area contributed by atoms with Crippen LogP contribution in [0.2, 0.25) is 10.0 Å². The molecule has 168 valence electrons. The third-order valence-corrected chi connectivity index (χ3v) is 6.20. The van der Waals surface area contributed by atoms with Crippen LogP contribution < -0.4 is 9.62 Å². The van der Waals surface area contributed by atoms with Gasteiger partial charge in [0.05, 0.1) is 17.0 Å². The molecule has 2 aromatic rings. The number of hydrogen-bond acceptors (Lipinski definition) is 4. The zero-order valence-electron chi connectivity index (χ0n) is 17.1. The zero-order chi connectivity index (χ0) is 23.3. The molecule has 2 amide bonds. The smallest absolute Gasteiger partial charge is 0.244 e. The lowest BCUT2D eigenvalue weighted by atomic mass is 10.1. The van der Waals surface area contributed by atoms with Crippen molar-refractivity contribution < 1.29 is 22.4 Å². The summed E-state index contributed by atoms with van der Waals surface area (Å²) in [6.07, 6.45) is 0.942. The molecule has 2 rings (SSSR count). The van der Waals surface area contributed by atoms with Crippen LogP contribution in [0, 0.1) is 5.82 Å². The number of carbonyl (C=O) groups is 2. The van der Waals surface area contributed by atoms with E-state index < -0.39 is 40.2 Å². The summed E-state index contributed by atoms with van der Waals surface area (Å²) >= 11 is 12.0. The molecule has 0 aliphatic rings. The number of halogens is 3. The highest BCUT2D eigenvalue weighted by Crippen LogP contribution is 2.30. The Balaban J connectivity index is 2.40. The Morgan fingerprint density at radius 3 is 2.26 bits per heavy atom. The molecule has 2 aromatic carbocycles. The molecule has 1 N–H and O–H groups in total. The summed E-state index contributed by atoms with van der Waals surface area (Å²) < 4.78 is 38.9. The van der Waals surface area contributed by atoms with Gasteiger partial charge in [-0.1, -0.05) is 35.3 Å². The molecule has 0 aliphatic heterocycles. The topological polar surface area (TPSA) is 86.8 Å². The number of benzene rings is 2. The Labute approximate surface area is 190 Å². The molecule has 0 radical (unpaired) electrons. The first kappa shape index (κ1) is 24.9. The number of rotatable bonds is 8. The molecule has 0 saturated carbocycles. The van der Waals surface area contributed by atoms with Crippen molar-refractivity contribution >= 4 is 50.7 Å².